The van der Waals surface area contributed by atoms with E-state index in [1.807, 2.05) is 10.8 Å². The van der Waals surface area contributed by atoms with Crippen molar-refractivity contribution in [3.63, 3.8) is 0 Å². The molecule has 0 spiro atoms. The molecule has 3 aromatic rings. The molecule has 0 unspecified atom stereocenters. The van der Waals surface area contributed by atoms with Gasteiger partial charge in [0.1, 0.15) is 41.5 Å². The number of alkyl halides is 3. The largest absolute Gasteiger partial charge is 0.493 e. The van der Waals surface area contributed by atoms with Crippen molar-refractivity contribution in [3.8, 4) is 23.3 Å². The summed E-state index contributed by atoms with van der Waals surface area (Å²) in [4.78, 5) is 28.4. The first kappa shape index (κ1) is 35.4. The number of guanidine groups is 1. The van der Waals surface area contributed by atoms with Gasteiger partial charge in [-0.3, -0.25) is 0 Å². The number of carbonyl (C=O) groups is 2. The first-order valence-electron chi connectivity index (χ1n) is 12.9. The van der Waals surface area contributed by atoms with Crippen LogP contribution in [0.4, 0.5) is 13.2 Å². The van der Waals surface area contributed by atoms with Crippen LogP contribution in [0.15, 0.2) is 76.8 Å². The number of nitriles is 1. The van der Waals surface area contributed by atoms with Crippen molar-refractivity contribution >= 4 is 39.5 Å². The van der Waals surface area contributed by atoms with Crippen molar-refractivity contribution in [2.24, 2.45) is 16.6 Å². The number of hydrogen-bond donors (Lipinski definition) is 3. The summed E-state index contributed by atoms with van der Waals surface area (Å²) in [5.74, 6) is -4.23. The Morgan fingerprint density at radius 3 is 2.26 bits per heavy atom. The number of nitrogens with two attached hydrogens (primary N) is 2. The van der Waals surface area contributed by atoms with E-state index in [2.05, 4.69) is 9.89 Å². The van der Waals surface area contributed by atoms with Crippen LogP contribution in [0.1, 0.15) is 17.5 Å². The molecule has 244 valence electrons. The second-order valence-electron chi connectivity index (χ2n) is 9.08. The Morgan fingerprint density at radius 2 is 1.65 bits per heavy atom. The maximum Gasteiger partial charge on any atom is 0.491 e. The summed E-state index contributed by atoms with van der Waals surface area (Å²) in [6.45, 7) is 0.367. The molecule has 18 heteroatoms. The normalized spacial score (nSPS) is 11.9. The third-order valence-electron chi connectivity index (χ3n) is 5.64. The van der Waals surface area contributed by atoms with Crippen LogP contribution in [0.3, 0.4) is 0 Å². The Labute approximate surface area is 265 Å². The predicted octanol–water partition coefficient (Wildman–Crippen LogP) is 3.50. The van der Waals surface area contributed by atoms with Crippen molar-refractivity contribution < 1.29 is 50.2 Å². The van der Waals surface area contributed by atoms with E-state index in [1.165, 1.54) is 48.5 Å². The van der Waals surface area contributed by atoms with Crippen LogP contribution < -0.4 is 25.7 Å². The van der Waals surface area contributed by atoms with Crippen LogP contribution >= 0.6 is 11.6 Å². The Hall–Kier alpha value is -5.05. The summed E-state index contributed by atoms with van der Waals surface area (Å²) in [5.41, 5.74) is 10.6. The van der Waals surface area contributed by atoms with Gasteiger partial charge in [-0.1, -0.05) is 29.8 Å². The molecule has 1 atom stereocenters. The molecule has 0 aliphatic carbocycles. The molecule has 3 rings (SSSR count). The second kappa shape index (κ2) is 15.8. The Morgan fingerprint density at radius 1 is 1.00 bits per heavy atom. The van der Waals surface area contributed by atoms with E-state index >= 15 is 0 Å². The highest BCUT2D eigenvalue weighted by Crippen LogP contribution is 2.30. The Bertz CT molecular complexity index is 1710. The Kier molecular flexibility index (Phi) is 12.2. The third kappa shape index (κ3) is 10.5. The zero-order valence-electron chi connectivity index (χ0n) is 23.5. The predicted molar refractivity (Wildman–Crippen MR) is 156 cm³/mol. The Balaban J connectivity index is 1.74. The minimum Gasteiger partial charge on any atom is -0.493 e. The van der Waals surface area contributed by atoms with Crippen LogP contribution in [0, 0.1) is 11.3 Å². The lowest BCUT2D eigenvalue weighted by molar-refractivity contribution is -0.202. The molecular formula is C28H25ClF3N5O8S. The number of oxime groups is 1. The molecule has 0 aliphatic rings. The molecule has 46 heavy (non-hydrogen) atoms. The van der Waals surface area contributed by atoms with E-state index in [0.29, 0.717) is 12.2 Å². The van der Waals surface area contributed by atoms with Gasteiger partial charge in [0, 0.05) is 6.42 Å². The number of halogens is 4. The van der Waals surface area contributed by atoms with Crippen molar-refractivity contribution in [1.82, 2.24) is 4.72 Å². The number of nitrogens with zero attached hydrogens (tertiary/aromatic N) is 2. The molecule has 0 radical (unpaired) electrons. The minimum absolute atomic E-state index is 0.0472. The van der Waals surface area contributed by atoms with Crippen LogP contribution in [0.2, 0.25) is 5.02 Å². The lowest BCUT2D eigenvalue weighted by Gasteiger charge is -2.18. The number of ether oxygens (including phenoxy) is 3. The lowest BCUT2D eigenvalue weighted by atomic mass is 10.1. The molecule has 0 amide bonds. The number of esters is 2. The van der Waals surface area contributed by atoms with Gasteiger partial charge in [0.05, 0.1) is 16.5 Å². The van der Waals surface area contributed by atoms with Crippen LogP contribution in [-0.4, -0.2) is 51.7 Å². The van der Waals surface area contributed by atoms with Crippen LogP contribution in [0.25, 0.3) is 0 Å². The number of sulfonamides is 1. The first-order chi connectivity index (χ1) is 21.7. The molecule has 13 nitrogen and oxygen atoms in total. The fourth-order valence-electron chi connectivity index (χ4n) is 3.55. The number of benzene rings is 3. The van der Waals surface area contributed by atoms with Gasteiger partial charge in [-0.2, -0.15) is 23.2 Å². The fourth-order valence-corrected chi connectivity index (χ4v) is 4.94. The maximum absolute atomic E-state index is 13.1. The molecule has 0 heterocycles. The van der Waals surface area contributed by atoms with Gasteiger partial charge in [-0.25, -0.2) is 18.0 Å². The smallest absolute Gasteiger partial charge is 0.491 e. The molecule has 0 saturated heterocycles. The van der Waals surface area contributed by atoms with Crippen LogP contribution in [0.5, 0.6) is 17.2 Å². The molecule has 0 aromatic heterocycles. The van der Waals surface area contributed by atoms with Gasteiger partial charge in [-0.05, 0) is 65.7 Å². The van der Waals surface area contributed by atoms with Crippen molar-refractivity contribution in [3.05, 3.63) is 82.9 Å². The summed E-state index contributed by atoms with van der Waals surface area (Å²) >= 11 is 5.99. The monoisotopic (exact) mass is 683 g/mol. The molecule has 0 saturated carbocycles. The van der Waals surface area contributed by atoms with E-state index in [9.17, 15) is 36.4 Å². The van der Waals surface area contributed by atoms with Gasteiger partial charge in [0.2, 0.25) is 16.0 Å². The van der Waals surface area contributed by atoms with Gasteiger partial charge in [-0.15, -0.1) is 0 Å². The van der Waals surface area contributed by atoms with E-state index in [4.69, 9.17) is 37.4 Å². The van der Waals surface area contributed by atoms with E-state index in [1.54, 1.807) is 6.07 Å². The summed E-state index contributed by atoms with van der Waals surface area (Å²) in [7, 11) is -4.57. The third-order valence-corrected chi connectivity index (χ3v) is 7.44. The second-order valence-corrected chi connectivity index (χ2v) is 11.2. The molecule has 5 N–H and O–H groups in total. The average Bonchev–Trinajstić information content (AvgIpc) is 2.99. The van der Waals surface area contributed by atoms with E-state index in [0.717, 1.165) is 12.1 Å². The first-order valence-corrected chi connectivity index (χ1v) is 14.8. The zero-order valence-corrected chi connectivity index (χ0v) is 25.1. The summed E-state index contributed by atoms with van der Waals surface area (Å²) < 4.78 is 81.6. The lowest BCUT2D eigenvalue weighted by Crippen LogP contribution is -2.45. The summed E-state index contributed by atoms with van der Waals surface area (Å²) in [5, 5.41) is 12.8. The van der Waals surface area contributed by atoms with Gasteiger partial charge >= 0.3 is 18.1 Å². The molecular weight excluding hydrogens is 659 g/mol. The fraction of sp³-hybridized carbons (Fsp3) is 0.214. The number of nitrogens with one attached hydrogen (secondary N) is 1. The zero-order chi connectivity index (χ0) is 33.9. The van der Waals surface area contributed by atoms with Gasteiger partial charge in [0.25, 0.3) is 0 Å². The average molecular weight is 684 g/mol. The van der Waals surface area contributed by atoms with E-state index < -0.39 is 45.5 Å². The quantitative estimate of drug-likeness (QED) is 0.0560. The summed E-state index contributed by atoms with van der Waals surface area (Å²) in [6, 6.07) is 14.9. The molecule has 0 aliphatic heterocycles. The number of rotatable bonds is 14. The maximum atomic E-state index is 13.1. The summed E-state index contributed by atoms with van der Waals surface area (Å²) in [6.07, 6.45) is -5.59. The van der Waals surface area contributed by atoms with Crippen molar-refractivity contribution in [1.29, 1.82) is 5.26 Å². The number of carbonyl (C=O) groups excluding carboxylic acids is 2. The van der Waals surface area contributed by atoms with E-state index in [-0.39, 0.29) is 46.8 Å². The van der Waals surface area contributed by atoms with Gasteiger partial charge < -0.3 is 30.5 Å². The topological polar surface area (TPSA) is 205 Å². The molecule has 3 aromatic carbocycles. The molecule has 0 fully saturated rings. The highest BCUT2D eigenvalue weighted by molar-refractivity contribution is 7.89. The van der Waals surface area contributed by atoms with Crippen molar-refractivity contribution in [2.45, 2.75) is 30.0 Å². The highest BCUT2D eigenvalue weighted by Gasteiger charge is 2.44. The van der Waals surface area contributed by atoms with Crippen LogP contribution in [-0.2, 0) is 35.6 Å². The number of hydrogen-bond acceptors (Lipinski definition) is 10. The minimum atomic E-state index is -5.50. The standard InChI is InChI=1S/C28H25ClF3N5O8S/c29-22-3-1-4-24(21(22)16-33)44-19-9-11-20(12-10-19)46(40,41)37-23(25(38)45-26(39)28(30,31)32)15-17-5-7-18(8-6-17)42-13-2-14-43-36-27(34)35/h1,3-12,23,37H,2,13-15H2,(H4,34,35,36)/t23-/m0/s1. The van der Waals surface area contributed by atoms with Crippen molar-refractivity contribution in [2.75, 3.05) is 13.2 Å². The highest BCUT2D eigenvalue weighted by atomic mass is 35.5. The molecule has 0 bridgehead atoms. The SMILES string of the molecule is N#Cc1c(Cl)cccc1Oc1ccc(S(=O)(=O)N[C@@H](Cc2ccc(OCCCON=C(N)N)cc2)C(=O)OC(=O)C(F)(F)F)cc1. The van der Waals surface area contributed by atoms with Gasteiger partial charge in [0.15, 0.2) is 0 Å².